The molecule has 0 aliphatic heterocycles. The minimum atomic E-state index is 0.311. The van der Waals surface area contributed by atoms with E-state index in [1.165, 1.54) is 10.4 Å². The van der Waals surface area contributed by atoms with Gasteiger partial charge in [0.25, 0.3) is 0 Å². The third kappa shape index (κ3) is 6.28. The summed E-state index contributed by atoms with van der Waals surface area (Å²) in [6.07, 6.45) is 3.86. The Kier molecular flexibility index (Phi) is 6.87. The normalized spacial score (nSPS) is 11.5. The number of aryl methyl sites for hydroxylation is 2. The number of aromatic nitrogens is 1. The van der Waals surface area contributed by atoms with Crippen molar-refractivity contribution in [1.82, 2.24) is 15.6 Å². The van der Waals surface area contributed by atoms with Crippen molar-refractivity contribution in [2.24, 2.45) is 4.99 Å². The zero-order valence-electron chi connectivity index (χ0n) is 13.7. The number of nitrogens with zero attached hydrogens (tertiary/aromatic N) is 2. The number of benzene rings is 1. The van der Waals surface area contributed by atoms with Crippen molar-refractivity contribution in [1.29, 1.82) is 0 Å². The number of phenols is 1. The highest BCUT2D eigenvalue weighted by Gasteiger charge is 2.01. The van der Waals surface area contributed by atoms with Gasteiger partial charge in [-0.2, -0.15) is 0 Å². The molecule has 0 bridgehead atoms. The summed E-state index contributed by atoms with van der Waals surface area (Å²) in [5, 5.41) is 16.9. The number of aliphatic imine (C=N–C) groups is 1. The molecule has 6 heteroatoms. The topological polar surface area (TPSA) is 69.5 Å². The first-order valence-corrected chi connectivity index (χ1v) is 8.70. The molecule has 0 spiro atoms. The van der Waals surface area contributed by atoms with Gasteiger partial charge in [-0.3, -0.25) is 0 Å². The van der Waals surface area contributed by atoms with E-state index in [1.807, 2.05) is 18.3 Å². The summed E-state index contributed by atoms with van der Waals surface area (Å²) < 4.78 is 0. The van der Waals surface area contributed by atoms with Gasteiger partial charge in [-0.15, -0.1) is 11.3 Å². The van der Waals surface area contributed by atoms with E-state index in [0.717, 1.165) is 36.9 Å². The smallest absolute Gasteiger partial charge is 0.191 e. The lowest BCUT2D eigenvalue weighted by Gasteiger charge is -2.11. The molecule has 124 valence electrons. The van der Waals surface area contributed by atoms with Gasteiger partial charge in [0.1, 0.15) is 10.8 Å². The van der Waals surface area contributed by atoms with Gasteiger partial charge < -0.3 is 15.7 Å². The highest BCUT2D eigenvalue weighted by Crippen LogP contribution is 2.12. The molecule has 2 aromatic rings. The largest absolute Gasteiger partial charge is 0.508 e. The lowest BCUT2D eigenvalue weighted by atomic mass is 10.1. The van der Waals surface area contributed by atoms with Crippen molar-refractivity contribution in [3.05, 3.63) is 45.9 Å². The molecule has 0 unspecified atom stereocenters. The molecule has 23 heavy (non-hydrogen) atoms. The lowest BCUT2D eigenvalue weighted by molar-refractivity contribution is 0.475. The fourth-order valence-electron chi connectivity index (χ4n) is 2.12. The van der Waals surface area contributed by atoms with Crippen LogP contribution in [0.2, 0.25) is 0 Å². The van der Waals surface area contributed by atoms with Crippen molar-refractivity contribution in [3.8, 4) is 5.75 Å². The van der Waals surface area contributed by atoms with E-state index >= 15 is 0 Å². The highest BCUT2D eigenvalue weighted by atomic mass is 32.1. The number of rotatable bonds is 7. The van der Waals surface area contributed by atoms with Crippen LogP contribution in [0.5, 0.6) is 5.75 Å². The second-order valence-electron chi connectivity index (χ2n) is 5.26. The number of nitrogens with one attached hydrogen (secondary N) is 2. The molecule has 0 aliphatic carbocycles. The molecule has 1 aromatic carbocycles. The maximum atomic E-state index is 9.27. The van der Waals surface area contributed by atoms with Crippen LogP contribution < -0.4 is 10.6 Å². The van der Waals surface area contributed by atoms with Crippen molar-refractivity contribution in [2.45, 2.75) is 33.2 Å². The standard InChI is InChI=1S/C17H24N4OS/c1-3-18-17(21-12-16-20-11-13(2)23-16)19-10-4-5-14-6-8-15(22)9-7-14/h6-9,11,22H,3-5,10,12H2,1-2H3,(H2,18,19,21). The van der Waals surface area contributed by atoms with Gasteiger partial charge >= 0.3 is 0 Å². The van der Waals surface area contributed by atoms with Gasteiger partial charge in [0.2, 0.25) is 0 Å². The molecule has 0 saturated heterocycles. The van der Waals surface area contributed by atoms with Gasteiger partial charge in [-0.25, -0.2) is 9.98 Å². The van der Waals surface area contributed by atoms with E-state index in [9.17, 15) is 5.11 Å². The summed E-state index contributed by atoms with van der Waals surface area (Å²) in [5.41, 5.74) is 1.23. The third-order valence-electron chi connectivity index (χ3n) is 3.26. The Bertz CT molecular complexity index is 622. The third-order valence-corrected chi connectivity index (χ3v) is 4.15. The Balaban J connectivity index is 1.76. The van der Waals surface area contributed by atoms with Gasteiger partial charge in [0.15, 0.2) is 5.96 Å². The highest BCUT2D eigenvalue weighted by molar-refractivity contribution is 7.11. The number of hydrogen-bond donors (Lipinski definition) is 3. The molecule has 0 saturated carbocycles. The van der Waals surface area contributed by atoms with E-state index in [4.69, 9.17) is 0 Å². The predicted molar refractivity (Wildman–Crippen MR) is 96.1 cm³/mol. The van der Waals surface area contributed by atoms with Gasteiger partial charge in [0, 0.05) is 24.2 Å². The molecule has 3 N–H and O–H groups in total. The van der Waals surface area contributed by atoms with Gasteiger partial charge in [-0.05, 0) is 44.4 Å². The van der Waals surface area contributed by atoms with Crippen molar-refractivity contribution in [2.75, 3.05) is 13.1 Å². The van der Waals surface area contributed by atoms with E-state index in [2.05, 4.69) is 34.5 Å². The van der Waals surface area contributed by atoms with Gasteiger partial charge in [0.05, 0.1) is 6.54 Å². The van der Waals surface area contributed by atoms with Crippen LogP contribution in [-0.2, 0) is 13.0 Å². The second kappa shape index (κ2) is 9.15. The molecule has 5 nitrogen and oxygen atoms in total. The van der Waals surface area contributed by atoms with E-state index < -0.39 is 0 Å². The summed E-state index contributed by atoms with van der Waals surface area (Å²) in [4.78, 5) is 10.1. The Hall–Kier alpha value is -2.08. The predicted octanol–water partition coefficient (Wildman–Crippen LogP) is 2.85. The summed E-state index contributed by atoms with van der Waals surface area (Å²) in [6, 6.07) is 7.37. The Labute approximate surface area is 141 Å². The average Bonchev–Trinajstić information content (AvgIpc) is 2.96. The van der Waals surface area contributed by atoms with Crippen LogP contribution >= 0.6 is 11.3 Å². The van der Waals surface area contributed by atoms with Crippen LogP contribution in [0.1, 0.15) is 28.8 Å². The number of guanidine groups is 1. The SMILES string of the molecule is CCNC(=NCc1ncc(C)s1)NCCCc1ccc(O)cc1. The fourth-order valence-corrected chi connectivity index (χ4v) is 2.84. The molecular weight excluding hydrogens is 308 g/mol. The maximum Gasteiger partial charge on any atom is 0.191 e. The molecule has 0 fully saturated rings. The number of aromatic hydroxyl groups is 1. The number of thiazole rings is 1. The summed E-state index contributed by atoms with van der Waals surface area (Å²) >= 11 is 1.68. The average molecular weight is 332 g/mol. The molecule has 1 heterocycles. The van der Waals surface area contributed by atoms with Crippen molar-refractivity contribution in [3.63, 3.8) is 0 Å². The van der Waals surface area contributed by atoms with E-state index in [-0.39, 0.29) is 0 Å². The minimum absolute atomic E-state index is 0.311. The monoisotopic (exact) mass is 332 g/mol. The first kappa shape index (κ1) is 17.3. The summed E-state index contributed by atoms with van der Waals surface area (Å²) in [7, 11) is 0. The fraction of sp³-hybridized carbons (Fsp3) is 0.412. The van der Waals surface area contributed by atoms with E-state index in [0.29, 0.717) is 12.3 Å². The zero-order chi connectivity index (χ0) is 16.5. The van der Waals surface area contributed by atoms with Crippen LogP contribution in [-0.4, -0.2) is 29.1 Å². The van der Waals surface area contributed by atoms with Crippen LogP contribution in [0.3, 0.4) is 0 Å². The van der Waals surface area contributed by atoms with E-state index in [1.54, 1.807) is 23.5 Å². The van der Waals surface area contributed by atoms with Crippen LogP contribution in [0.25, 0.3) is 0 Å². The van der Waals surface area contributed by atoms with Crippen LogP contribution in [0, 0.1) is 6.92 Å². The summed E-state index contributed by atoms with van der Waals surface area (Å²) in [6.45, 7) is 6.40. The first-order chi connectivity index (χ1) is 11.2. The number of hydrogen-bond acceptors (Lipinski definition) is 4. The zero-order valence-corrected chi connectivity index (χ0v) is 14.5. The lowest BCUT2D eigenvalue weighted by Crippen LogP contribution is -2.37. The molecule has 0 aliphatic rings. The van der Waals surface area contributed by atoms with Gasteiger partial charge in [-0.1, -0.05) is 12.1 Å². The Morgan fingerprint density at radius 1 is 1.26 bits per heavy atom. The molecule has 2 rings (SSSR count). The molecule has 1 aromatic heterocycles. The Morgan fingerprint density at radius 3 is 2.70 bits per heavy atom. The number of phenolic OH excluding ortho intramolecular Hbond substituents is 1. The molecule has 0 amide bonds. The Morgan fingerprint density at radius 2 is 2.04 bits per heavy atom. The van der Waals surface area contributed by atoms with Crippen LogP contribution in [0.4, 0.5) is 0 Å². The first-order valence-electron chi connectivity index (χ1n) is 7.88. The van der Waals surface area contributed by atoms with Crippen molar-refractivity contribution >= 4 is 17.3 Å². The molecule has 0 atom stereocenters. The minimum Gasteiger partial charge on any atom is -0.508 e. The molecule has 0 radical (unpaired) electrons. The van der Waals surface area contributed by atoms with Crippen LogP contribution in [0.15, 0.2) is 35.5 Å². The van der Waals surface area contributed by atoms with Crippen molar-refractivity contribution < 1.29 is 5.11 Å². The molecular formula is C17H24N4OS. The summed E-state index contributed by atoms with van der Waals surface area (Å²) in [5.74, 6) is 1.14. The second-order valence-corrected chi connectivity index (χ2v) is 6.58. The quantitative estimate of drug-likeness (QED) is 0.414. The maximum absolute atomic E-state index is 9.27.